The van der Waals surface area contributed by atoms with Crippen molar-refractivity contribution in [3.05, 3.63) is 58.9 Å². The van der Waals surface area contributed by atoms with Gasteiger partial charge < -0.3 is 10.4 Å². The van der Waals surface area contributed by atoms with Crippen molar-refractivity contribution in [3.8, 4) is 10.6 Å². The summed E-state index contributed by atoms with van der Waals surface area (Å²) in [4.78, 5) is 26.1. The van der Waals surface area contributed by atoms with Crippen LogP contribution >= 0.6 is 23.1 Å². The van der Waals surface area contributed by atoms with Crippen LogP contribution in [0.4, 0.5) is 4.79 Å². The van der Waals surface area contributed by atoms with Crippen LogP contribution in [0, 0.1) is 5.92 Å². The van der Waals surface area contributed by atoms with Crippen LogP contribution in [-0.2, 0) is 6.42 Å². The van der Waals surface area contributed by atoms with E-state index < -0.39 is 12.1 Å². The normalized spacial score (nSPS) is 12.1. The van der Waals surface area contributed by atoms with Crippen molar-refractivity contribution in [1.82, 2.24) is 20.3 Å². The zero-order valence-corrected chi connectivity index (χ0v) is 17.5. The van der Waals surface area contributed by atoms with Gasteiger partial charge in [-0.2, -0.15) is 0 Å². The fourth-order valence-electron chi connectivity index (χ4n) is 2.78. The lowest BCUT2D eigenvalue weighted by Gasteiger charge is -2.18. The Morgan fingerprint density at radius 3 is 2.64 bits per heavy atom. The van der Waals surface area contributed by atoms with Crippen LogP contribution in [0.1, 0.15) is 36.2 Å². The number of rotatable bonds is 7. The molecule has 1 aromatic carbocycles. The highest BCUT2D eigenvalue weighted by Gasteiger charge is 2.21. The van der Waals surface area contributed by atoms with E-state index in [0.29, 0.717) is 16.8 Å². The molecule has 2 heterocycles. The maximum absolute atomic E-state index is 11.4. The average Bonchev–Trinajstić information content (AvgIpc) is 3.14. The number of amides is 1. The number of nitrogens with zero attached hydrogens (tertiary/aromatic N) is 3. The zero-order chi connectivity index (χ0) is 20.1. The summed E-state index contributed by atoms with van der Waals surface area (Å²) in [6.07, 6.45) is 3.56. The lowest BCUT2D eigenvalue weighted by molar-refractivity contribution is 0.191. The Labute approximate surface area is 172 Å². The molecule has 2 aromatic heterocycles. The second kappa shape index (κ2) is 9.16. The van der Waals surface area contributed by atoms with Gasteiger partial charge in [0.25, 0.3) is 0 Å². The van der Waals surface area contributed by atoms with Gasteiger partial charge in [0.05, 0.1) is 27.3 Å². The highest BCUT2D eigenvalue weighted by atomic mass is 32.2. The molecule has 0 saturated carbocycles. The molecule has 1 atom stereocenters. The average molecular weight is 415 g/mol. The smallest absolute Gasteiger partial charge is 0.405 e. The van der Waals surface area contributed by atoms with Gasteiger partial charge in [-0.05, 0) is 23.8 Å². The van der Waals surface area contributed by atoms with Gasteiger partial charge in [0.2, 0.25) is 0 Å². The zero-order valence-electron chi connectivity index (χ0n) is 15.9. The molecule has 1 amide bonds. The molecule has 0 aliphatic carbocycles. The van der Waals surface area contributed by atoms with Crippen molar-refractivity contribution in [3.63, 3.8) is 0 Å². The van der Waals surface area contributed by atoms with Gasteiger partial charge >= 0.3 is 6.09 Å². The lowest BCUT2D eigenvalue weighted by Crippen LogP contribution is -2.28. The molecule has 0 spiro atoms. The molecule has 1 unspecified atom stereocenters. The first-order valence-electron chi connectivity index (χ1n) is 8.88. The summed E-state index contributed by atoms with van der Waals surface area (Å²) in [5.41, 5.74) is 2.20. The predicted octanol–water partition coefficient (Wildman–Crippen LogP) is 4.88. The summed E-state index contributed by atoms with van der Waals surface area (Å²) >= 11 is 3.04. The van der Waals surface area contributed by atoms with Gasteiger partial charge in [-0.25, -0.2) is 19.7 Å². The van der Waals surface area contributed by atoms with Gasteiger partial charge in [-0.3, -0.25) is 0 Å². The SMILES string of the molecule is CSc1nc(-c2cnc(CC(C)C)s2)cc(C(NC(=O)O)c2ccccc2)n1. The van der Waals surface area contributed by atoms with Crippen molar-refractivity contribution in [2.75, 3.05) is 6.26 Å². The van der Waals surface area contributed by atoms with Crippen molar-refractivity contribution in [1.29, 1.82) is 0 Å². The molecule has 0 radical (unpaired) electrons. The Bertz CT molecular complexity index is 944. The van der Waals surface area contributed by atoms with Crippen LogP contribution in [-0.4, -0.2) is 32.4 Å². The fourth-order valence-corrected chi connectivity index (χ4v) is 4.25. The van der Waals surface area contributed by atoms with Gasteiger partial charge in [0.1, 0.15) is 0 Å². The number of thioether (sulfide) groups is 1. The van der Waals surface area contributed by atoms with Crippen LogP contribution in [0.5, 0.6) is 0 Å². The molecule has 3 rings (SSSR count). The summed E-state index contributed by atoms with van der Waals surface area (Å²) in [5, 5.41) is 13.6. The lowest BCUT2D eigenvalue weighted by atomic mass is 10.0. The molecular weight excluding hydrogens is 392 g/mol. The Balaban J connectivity index is 2.03. The Kier molecular flexibility index (Phi) is 6.64. The Hall–Kier alpha value is -2.45. The largest absolute Gasteiger partial charge is 0.465 e. The molecular formula is C20H22N4O2S2. The third kappa shape index (κ3) is 5.08. The van der Waals surface area contributed by atoms with E-state index in [1.54, 1.807) is 11.3 Å². The van der Waals surface area contributed by atoms with Crippen LogP contribution in [0.15, 0.2) is 47.8 Å². The van der Waals surface area contributed by atoms with Crippen LogP contribution in [0.25, 0.3) is 10.6 Å². The monoisotopic (exact) mass is 414 g/mol. The molecule has 3 aromatic rings. The number of carbonyl (C=O) groups is 1. The van der Waals surface area contributed by atoms with E-state index in [-0.39, 0.29) is 0 Å². The van der Waals surface area contributed by atoms with Gasteiger partial charge in [-0.1, -0.05) is 55.9 Å². The molecule has 2 N–H and O–H groups in total. The summed E-state index contributed by atoms with van der Waals surface area (Å²) in [6, 6.07) is 10.7. The van der Waals surface area contributed by atoms with Crippen LogP contribution in [0.3, 0.4) is 0 Å². The van der Waals surface area contributed by atoms with Gasteiger partial charge in [-0.15, -0.1) is 11.3 Å². The van der Waals surface area contributed by atoms with Gasteiger partial charge in [0.15, 0.2) is 5.16 Å². The van der Waals surface area contributed by atoms with Crippen molar-refractivity contribution in [2.45, 2.75) is 31.5 Å². The number of hydrogen-bond donors (Lipinski definition) is 2. The van der Waals surface area contributed by atoms with Gasteiger partial charge in [0, 0.05) is 12.6 Å². The minimum atomic E-state index is -1.10. The minimum absolute atomic E-state index is 0.531. The highest BCUT2D eigenvalue weighted by Crippen LogP contribution is 2.30. The summed E-state index contributed by atoms with van der Waals surface area (Å²) < 4.78 is 0. The number of benzene rings is 1. The number of nitrogens with one attached hydrogen (secondary N) is 1. The van der Waals surface area contributed by atoms with E-state index in [1.165, 1.54) is 11.8 Å². The number of carboxylic acid groups (broad SMARTS) is 1. The first-order chi connectivity index (χ1) is 13.5. The van der Waals surface area contributed by atoms with E-state index in [2.05, 4.69) is 34.1 Å². The minimum Gasteiger partial charge on any atom is -0.465 e. The Morgan fingerprint density at radius 2 is 2.00 bits per heavy atom. The number of aromatic nitrogens is 3. The standard InChI is InChI=1S/C20H22N4O2S2/c1-12(2)9-17-21-11-16(28-17)14-10-15(23-19(22-14)27-3)18(24-20(25)26)13-7-5-4-6-8-13/h4-8,10-12,18,24H,9H2,1-3H3,(H,25,26). The Morgan fingerprint density at radius 1 is 1.25 bits per heavy atom. The molecule has 8 heteroatoms. The quantitative estimate of drug-likeness (QED) is 0.423. The molecule has 0 aliphatic heterocycles. The first-order valence-corrected chi connectivity index (χ1v) is 10.9. The van der Waals surface area contributed by atoms with E-state index >= 15 is 0 Å². The summed E-state index contributed by atoms with van der Waals surface area (Å²) in [6.45, 7) is 4.33. The summed E-state index contributed by atoms with van der Waals surface area (Å²) in [7, 11) is 0. The predicted molar refractivity (Wildman–Crippen MR) is 113 cm³/mol. The third-order valence-electron chi connectivity index (χ3n) is 3.99. The van der Waals surface area contributed by atoms with E-state index in [1.807, 2.05) is 48.9 Å². The maximum atomic E-state index is 11.4. The molecule has 0 aliphatic rings. The molecule has 146 valence electrons. The molecule has 0 fully saturated rings. The molecule has 0 saturated heterocycles. The summed E-state index contributed by atoms with van der Waals surface area (Å²) in [5.74, 6) is 0.531. The molecule has 6 nitrogen and oxygen atoms in total. The second-order valence-corrected chi connectivity index (χ2v) is 8.56. The van der Waals surface area contributed by atoms with E-state index in [9.17, 15) is 9.90 Å². The first kappa shape index (κ1) is 20.3. The maximum Gasteiger partial charge on any atom is 0.405 e. The highest BCUT2D eigenvalue weighted by molar-refractivity contribution is 7.98. The molecule has 28 heavy (non-hydrogen) atoms. The van der Waals surface area contributed by atoms with E-state index in [4.69, 9.17) is 0 Å². The topological polar surface area (TPSA) is 88.0 Å². The fraction of sp³-hybridized carbons (Fsp3) is 0.300. The van der Waals surface area contributed by atoms with E-state index in [0.717, 1.165) is 27.6 Å². The van der Waals surface area contributed by atoms with Crippen molar-refractivity contribution >= 4 is 29.2 Å². The van der Waals surface area contributed by atoms with Crippen molar-refractivity contribution in [2.24, 2.45) is 5.92 Å². The van der Waals surface area contributed by atoms with Crippen LogP contribution < -0.4 is 5.32 Å². The third-order valence-corrected chi connectivity index (χ3v) is 5.58. The second-order valence-electron chi connectivity index (χ2n) is 6.67. The molecule has 0 bridgehead atoms. The van der Waals surface area contributed by atoms with Crippen molar-refractivity contribution < 1.29 is 9.90 Å². The van der Waals surface area contributed by atoms with Crippen LogP contribution in [0.2, 0.25) is 0 Å². The number of thiazole rings is 1. The number of hydrogen-bond acceptors (Lipinski definition) is 6.